The Hall–Kier alpha value is -4.17. The van der Waals surface area contributed by atoms with E-state index in [1.807, 2.05) is 43.8 Å². The highest BCUT2D eigenvalue weighted by molar-refractivity contribution is 5.87. The topological polar surface area (TPSA) is 104 Å². The molecule has 8 nitrogen and oxygen atoms in total. The van der Waals surface area contributed by atoms with E-state index in [1.165, 1.54) is 5.56 Å². The number of pyridine rings is 1. The van der Waals surface area contributed by atoms with Crippen molar-refractivity contribution in [3.63, 3.8) is 0 Å². The third kappa shape index (κ3) is 5.08. The summed E-state index contributed by atoms with van der Waals surface area (Å²) in [5.41, 5.74) is 5.63. The van der Waals surface area contributed by atoms with Gasteiger partial charge in [0.05, 0.1) is 29.5 Å². The van der Waals surface area contributed by atoms with E-state index in [2.05, 4.69) is 58.3 Å². The predicted molar refractivity (Wildman–Crippen MR) is 141 cm³/mol. The Kier molecular flexibility index (Phi) is 6.69. The van der Waals surface area contributed by atoms with Crippen molar-refractivity contribution in [1.29, 1.82) is 0 Å². The van der Waals surface area contributed by atoms with Crippen LogP contribution in [0.5, 0.6) is 0 Å². The zero-order valence-corrected chi connectivity index (χ0v) is 20.3. The van der Waals surface area contributed by atoms with Crippen LogP contribution >= 0.6 is 0 Å². The van der Waals surface area contributed by atoms with Crippen LogP contribution in [0.25, 0.3) is 11.1 Å². The van der Waals surface area contributed by atoms with Gasteiger partial charge in [-0.05, 0) is 35.2 Å². The minimum atomic E-state index is -0.909. The van der Waals surface area contributed by atoms with E-state index < -0.39 is 5.97 Å². The van der Waals surface area contributed by atoms with Crippen LogP contribution in [-0.4, -0.2) is 45.0 Å². The average Bonchev–Trinajstić information content (AvgIpc) is 3.35. The van der Waals surface area contributed by atoms with Crippen LogP contribution in [0.3, 0.4) is 0 Å². The molecule has 1 aliphatic rings. The number of carbonyl (C=O) groups is 1. The van der Waals surface area contributed by atoms with Crippen molar-refractivity contribution in [2.75, 3.05) is 23.7 Å². The molecule has 5 rings (SSSR count). The first-order valence-corrected chi connectivity index (χ1v) is 12.1. The number of anilines is 2. The van der Waals surface area contributed by atoms with E-state index >= 15 is 0 Å². The van der Waals surface area contributed by atoms with Gasteiger partial charge in [-0.15, -0.1) is 0 Å². The monoisotopic (exact) mass is 482 g/mol. The lowest BCUT2D eigenvalue weighted by Crippen LogP contribution is -2.45. The van der Waals surface area contributed by atoms with Crippen molar-refractivity contribution < 1.29 is 9.90 Å². The number of hydrogen-bond acceptors (Lipinski definition) is 6. The number of fused-ring (bicyclic) bond motifs is 1. The zero-order valence-electron chi connectivity index (χ0n) is 20.3. The summed E-state index contributed by atoms with van der Waals surface area (Å²) in [5.74, 6) is 0.135. The predicted octanol–water partition coefficient (Wildman–Crippen LogP) is 4.52. The molecule has 8 heteroatoms. The van der Waals surface area contributed by atoms with Gasteiger partial charge in [0.25, 0.3) is 0 Å². The molecular formula is C28H30N6O2. The molecule has 2 aromatic heterocycles. The zero-order chi connectivity index (χ0) is 25.1. The van der Waals surface area contributed by atoms with E-state index in [-0.39, 0.29) is 18.0 Å². The van der Waals surface area contributed by atoms with Gasteiger partial charge in [0, 0.05) is 43.7 Å². The van der Waals surface area contributed by atoms with Crippen LogP contribution in [0.1, 0.15) is 40.4 Å². The number of benzene rings is 2. The Morgan fingerprint density at radius 3 is 2.58 bits per heavy atom. The molecule has 1 aliphatic heterocycles. The molecule has 0 aliphatic carbocycles. The number of aromatic carboxylic acids is 1. The molecule has 36 heavy (non-hydrogen) atoms. The molecule has 0 radical (unpaired) electrons. The second-order valence-corrected chi connectivity index (χ2v) is 9.28. The average molecular weight is 483 g/mol. The number of nitrogens with one attached hydrogen (secondary N) is 3. The Bertz CT molecular complexity index is 1340. The molecule has 0 spiro atoms. The summed E-state index contributed by atoms with van der Waals surface area (Å²) in [5, 5.41) is 24.4. The Balaban J connectivity index is 1.32. The van der Waals surface area contributed by atoms with Crippen LogP contribution in [-0.2, 0) is 7.05 Å². The molecule has 0 saturated heterocycles. The maximum atomic E-state index is 11.2. The summed E-state index contributed by atoms with van der Waals surface area (Å²) in [6.07, 6.45) is 5.70. The summed E-state index contributed by atoms with van der Waals surface area (Å²) in [4.78, 5) is 15.9. The Morgan fingerprint density at radius 2 is 1.89 bits per heavy atom. The van der Waals surface area contributed by atoms with Gasteiger partial charge in [-0.2, -0.15) is 5.10 Å². The fourth-order valence-electron chi connectivity index (χ4n) is 4.62. The largest absolute Gasteiger partial charge is 0.478 e. The first-order chi connectivity index (χ1) is 17.5. The number of carboxylic acids is 1. The van der Waals surface area contributed by atoms with Gasteiger partial charge in [0.2, 0.25) is 0 Å². The van der Waals surface area contributed by atoms with E-state index in [0.717, 1.165) is 41.3 Å². The molecule has 3 atom stereocenters. The highest BCUT2D eigenvalue weighted by Gasteiger charge is 2.28. The lowest BCUT2D eigenvalue weighted by atomic mass is 9.95. The summed E-state index contributed by atoms with van der Waals surface area (Å²) in [6.45, 7) is 3.62. The fraction of sp³-hybridized carbons (Fsp3) is 0.250. The molecular weight excluding hydrogens is 452 g/mol. The maximum absolute atomic E-state index is 11.2. The quantitative estimate of drug-likeness (QED) is 0.293. The van der Waals surface area contributed by atoms with E-state index in [0.29, 0.717) is 5.56 Å². The number of carboxylic acid groups (broad SMARTS) is 1. The van der Waals surface area contributed by atoms with Gasteiger partial charge in [0.1, 0.15) is 5.82 Å². The van der Waals surface area contributed by atoms with Crippen LogP contribution in [0.2, 0.25) is 0 Å². The SMILES string of the molecule is C[C@H](CN[C@H](c1ccccc1)[C@H]1CNc2cc(-c3cnn(C)c3)cnc2N1)c1ccc(C(=O)O)cc1. The lowest BCUT2D eigenvalue weighted by Gasteiger charge is -2.35. The van der Waals surface area contributed by atoms with Gasteiger partial charge in [-0.1, -0.05) is 49.4 Å². The van der Waals surface area contributed by atoms with Crippen molar-refractivity contribution in [1.82, 2.24) is 20.1 Å². The van der Waals surface area contributed by atoms with E-state index in [1.54, 1.807) is 16.8 Å². The summed E-state index contributed by atoms with van der Waals surface area (Å²) in [7, 11) is 1.91. The van der Waals surface area contributed by atoms with Crippen molar-refractivity contribution in [2.45, 2.75) is 24.9 Å². The van der Waals surface area contributed by atoms with Gasteiger partial charge >= 0.3 is 5.97 Å². The van der Waals surface area contributed by atoms with Gasteiger partial charge in [-0.3, -0.25) is 4.68 Å². The highest BCUT2D eigenvalue weighted by atomic mass is 16.4. The van der Waals surface area contributed by atoms with Crippen molar-refractivity contribution in [2.24, 2.45) is 7.05 Å². The fourth-order valence-corrected chi connectivity index (χ4v) is 4.62. The van der Waals surface area contributed by atoms with Crippen molar-refractivity contribution in [3.8, 4) is 11.1 Å². The second kappa shape index (κ2) is 10.2. The standard InChI is InChI=1S/C28H30N6O2/c1-18(19-8-10-21(11-9-19)28(35)36)13-30-26(20-6-4-3-5-7-20)25-16-29-24-12-22(14-31-27(24)33-25)23-15-32-34(2)17-23/h3-12,14-15,17-18,25-26,29-30H,13,16H2,1-2H3,(H,31,33)(H,35,36)/t18-,25-,26-/m1/s1. The van der Waals surface area contributed by atoms with Crippen molar-refractivity contribution >= 4 is 17.5 Å². The van der Waals surface area contributed by atoms with Gasteiger partial charge in [-0.25, -0.2) is 9.78 Å². The molecule has 0 amide bonds. The molecule has 0 bridgehead atoms. The van der Waals surface area contributed by atoms with Crippen LogP contribution in [0.15, 0.2) is 79.3 Å². The second-order valence-electron chi connectivity index (χ2n) is 9.28. The molecule has 0 saturated carbocycles. The molecule has 2 aromatic carbocycles. The number of aryl methyl sites for hydroxylation is 1. The van der Waals surface area contributed by atoms with Gasteiger partial charge in [0.15, 0.2) is 0 Å². The minimum Gasteiger partial charge on any atom is -0.478 e. The molecule has 184 valence electrons. The summed E-state index contributed by atoms with van der Waals surface area (Å²) in [6, 6.07) is 19.8. The normalized spacial score (nSPS) is 16.3. The third-order valence-corrected chi connectivity index (χ3v) is 6.69. The number of nitrogens with zero attached hydrogens (tertiary/aromatic N) is 3. The smallest absolute Gasteiger partial charge is 0.335 e. The molecule has 3 heterocycles. The molecule has 4 aromatic rings. The number of aromatic nitrogens is 3. The van der Waals surface area contributed by atoms with Crippen molar-refractivity contribution in [3.05, 3.63) is 95.9 Å². The summed E-state index contributed by atoms with van der Waals surface area (Å²) < 4.78 is 1.79. The first kappa shape index (κ1) is 23.6. The molecule has 0 fully saturated rings. The van der Waals surface area contributed by atoms with E-state index in [4.69, 9.17) is 4.98 Å². The van der Waals surface area contributed by atoms with Crippen LogP contribution in [0.4, 0.5) is 11.5 Å². The number of hydrogen-bond donors (Lipinski definition) is 4. The van der Waals surface area contributed by atoms with Gasteiger partial charge < -0.3 is 21.1 Å². The Labute approximate surface area is 210 Å². The number of rotatable bonds is 8. The highest BCUT2D eigenvalue weighted by Crippen LogP contribution is 2.32. The van der Waals surface area contributed by atoms with Crippen LogP contribution < -0.4 is 16.0 Å². The maximum Gasteiger partial charge on any atom is 0.335 e. The summed E-state index contributed by atoms with van der Waals surface area (Å²) >= 11 is 0. The molecule has 4 N–H and O–H groups in total. The Morgan fingerprint density at radius 1 is 1.11 bits per heavy atom. The van der Waals surface area contributed by atoms with E-state index in [9.17, 15) is 9.90 Å². The third-order valence-electron chi connectivity index (χ3n) is 6.69. The first-order valence-electron chi connectivity index (χ1n) is 12.1. The minimum absolute atomic E-state index is 0.0485. The molecule has 0 unspecified atom stereocenters. The van der Waals surface area contributed by atoms with Crippen LogP contribution in [0, 0.1) is 0 Å². The lowest BCUT2D eigenvalue weighted by molar-refractivity contribution is 0.0697.